The summed E-state index contributed by atoms with van der Waals surface area (Å²) in [6, 6.07) is 2.39. The molecule has 0 aromatic heterocycles. The number of phenols is 1. The Labute approximate surface area is 237 Å². The van der Waals surface area contributed by atoms with Gasteiger partial charge in [0.1, 0.15) is 22.8 Å². The van der Waals surface area contributed by atoms with Gasteiger partial charge in [-0.1, -0.05) is 19.1 Å². The first kappa shape index (κ1) is 29.2. The Morgan fingerprint density at radius 1 is 1.17 bits per heavy atom. The summed E-state index contributed by atoms with van der Waals surface area (Å²) in [5, 5.41) is 60.6. The van der Waals surface area contributed by atoms with Gasteiger partial charge in [-0.3, -0.25) is 19.3 Å². The minimum atomic E-state index is -2.92. The van der Waals surface area contributed by atoms with Crippen molar-refractivity contribution < 1.29 is 39.9 Å². The van der Waals surface area contributed by atoms with E-state index >= 15 is 0 Å². The first-order valence-corrected chi connectivity index (χ1v) is 13.8. The van der Waals surface area contributed by atoms with Gasteiger partial charge in [-0.2, -0.15) is 0 Å². The number of amides is 1. The smallest absolute Gasteiger partial charge is 0.255 e. The lowest BCUT2D eigenvalue weighted by atomic mass is 9.55. The molecule has 1 amide bonds. The predicted molar refractivity (Wildman–Crippen MR) is 147 cm³/mol. The number of nitrogens with two attached hydrogens (primary N) is 1. The van der Waals surface area contributed by atoms with Gasteiger partial charge in [0.15, 0.2) is 11.4 Å². The van der Waals surface area contributed by atoms with Gasteiger partial charge < -0.3 is 41.5 Å². The van der Waals surface area contributed by atoms with Crippen molar-refractivity contribution in [1.82, 2.24) is 15.1 Å². The molecule has 8 N–H and O–H groups in total. The number of phenolic OH excluding ortho intramolecular Hbond substituents is 1. The van der Waals surface area contributed by atoms with Crippen LogP contribution in [0.25, 0.3) is 0 Å². The van der Waals surface area contributed by atoms with Crippen LogP contribution in [0.3, 0.4) is 0 Å². The van der Waals surface area contributed by atoms with Crippen LogP contribution in [0.15, 0.2) is 34.8 Å². The highest BCUT2D eigenvalue weighted by atomic mass is 16.4. The first-order chi connectivity index (χ1) is 19.2. The predicted octanol–water partition coefficient (Wildman–Crippen LogP) is -0.164. The van der Waals surface area contributed by atoms with E-state index in [0.717, 1.165) is 25.9 Å². The SMILES string of the molecule is C[C@H]1c2ccc(CNC3CCN(C)CC3)c(O)c2C(=O)C2=C(O)[C@]3(O)C(=O)C(C(N)=O)=C(O)[C@@H](N(C)C)[C@@H]3[C@@H](O)[C@@H]21. The zero-order valence-corrected chi connectivity index (χ0v) is 23.6. The molecule has 12 heteroatoms. The minimum absolute atomic E-state index is 0.0758. The second-order valence-corrected chi connectivity index (χ2v) is 12.0. The molecular formula is C29H38N4O8. The molecule has 3 aliphatic carbocycles. The Bertz CT molecular complexity index is 1380. The van der Waals surface area contributed by atoms with Gasteiger partial charge in [-0.25, -0.2) is 0 Å². The number of likely N-dealkylation sites (N-methyl/N-ethyl adjacent to an activating group) is 1. The number of aromatic hydroxyl groups is 1. The molecule has 4 aliphatic rings. The Morgan fingerprint density at radius 3 is 2.39 bits per heavy atom. The number of Topliss-reactive ketones (excluding diaryl/α,β-unsaturated/α-hetero) is 2. The Morgan fingerprint density at radius 2 is 1.80 bits per heavy atom. The van der Waals surface area contributed by atoms with Crippen LogP contribution in [0.1, 0.15) is 47.2 Å². The molecule has 0 saturated carbocycles. The molecule has 6 atom stereocenters. The maximum absolute atomic E-state index is 14.0. The highest BCUT2D eigenvalue weighted by Crippen LogP contribution is 2.55. The number of piperidine rings is 1. The van der Waals surface area contributed by atoms with Crippen LogP contribution in [0.2, 0.25) is 0 Å². The molecule has 1 aromatic carbocycles. The molecule has 1 fully saturated rings. The fourth-order valence-electron chi connectivity index (χ4n) is 7.28. The quantitative estimate of drug-likeness (QED) is 0.232. The standard InChI is InChI=1S/C29H38N4O8/c1-12-15-6-5-13(11-31-14-7-9-33(4)10-8-14)22(34)17(15)23(35)18-16(12)24(36)20-21(32(2)3)25(37)19(28(30)40)27(39)29(20,41)26(18)38/h5-6,12,14,16,20-21,24,31,34,36-38,41H,7-11H2,1-4H3,(H2,30,40)/t12-,16+,20+,21-,24-,29-/m0/s1. The van der Waals surface area contributed by atoms with E-state index in [2.05, 4.69) is 17.3 Å². The number of carbonyl (C=O) groups excluding carboxylic acids is 3. The third kappa shape index (κ3) is 4.19. The number of ketones is 2. The molecule has 12 nitrogen and oxygen atoms in total. The van der Waals surface area contributed by atoms with Crippen molar-refractivity contribution in [2.24, 2.45) is 17.6 Å². The van der Waals surface area contributed by atoms with Crippen molar-refractivity contribution in [2.75, 3.05) is 34.2 Å². The van der Waals surface area contributed by atoms with Gasteiger partial charge >= 0.3 is 0 Å². The topological polar surface area (TPSA) is 197 Å². The Hall–Kier alpha value is -3.29. The maximum Gasteiger partial charge on any atom is 0.255 e. The largest absolute Gasteiger partial charge is 0.510 e. The summed E-state index contributed by atoms with van der Waals surface area (Å²) >= 11 is 0. The second-order valence-electron chi connectivity index (χ2n) is 12.0. The summed E-state index contributed by atoms with van der Waals surface area (Å²) in [6.45, 7) is 3.91. The highest BCUT2D eigenvalue weighted by Gasteiger charge is 2.67. The van der Waals surface area contributed by atoms with Crippen LogP contribution in [-0.2, 0) is 16.1 Å². The fourth-order valence-corrected chi connectivity index (χ4v) is 7.28. The van der Waals surface area contributed by atoms with E-state index in [0.29, 0.717) is 17.7 Å². The summed E-state index contributed by atoms with van der Waals surface area (Å²) in [5.74, 6) is -8.84. The van der Waals surface area contributed by atoms with Crippen molar-refractivity contribution >= 4 is 17.5 Å². The number of carbonyl (C=O) groups is 3. The molecule has 0 bridgehead atoms. The number of benzene rings is 1. The molecule has 1 aliphatic heterocycles. The molecule has 222 valence electrons. The number of aliphatic hydroxyl groups is 4. The highest BCUT2D eigenvalue weighted by molar-refractivity contribution is 6.25. The third-order valence-corrected chi connectivity index (χ3v) is 9.51. The van der Waals surface area contributed by atoms with Gasteiger partial charge in [-0.05, 0) is 58.6 Å². The van der Waals surface area contributed by atoms with E-state index in [1.165, 1.54) is 19.0 Å². The van der Waals surface area contributed by atoms with E-state index in [4.69, 9.17) is 5.73 Å². The van der Waals surface area contributed by atoms with E-state index in [1.807, 2.05) is 0 Å². The zero-order chi connectivity index (χ0) is 30.1. The lowest BCUT2D eigenvalue weighted by Gasteiger charge is -2.53. The number of fused-ring (bicyclic) bond motifs is 3. The summed E-state index contributed by atoms with van der Waals surface area (Å²) in [6.07, 6.45) is 0.272. The van der Waals surface area contributed by atoms with Gasteiger partial charge in [0, 0.05) is 29.6 Å². The van der Waals surface area contributed by atoms with Crippen LogP contribution >= 0.6 is 0 Å². The maximum atomic E-state index is 14.0. The number of nitrogens with zero attached hydrogens (tertiary/aromatic N) is 2. The van der Waals surface area contributed by atoms with Crippen LogP contribution in [0.4, 0.5) is 0 Å². The first-order valence-electron chi connectivity index (χ1n) is 13.8. The van der Waals surface area contributed by atoms with Crippen molar-refractivity contribution in [3.05, 3.63) is 51.5 Å². The summed E-state index contributed by atoms with van der Waals surface area (Å²) in [4.78, 5) is 43.3. The van der Waals surface area contributed by atoms with E-state index in [1.54, 1.807) is 19.1 Å². The molecule has 0 spiro atoms. The van der Waals surface area contributed by atoms with Crippen molar-refractivity contribution in [3.8, 4) is 5.75 Å². The van der Waals surface area contributed by atoms with E-state index in [9.17, 15) is 39.9 Å². The minimum Gasteiger partial charge on any atom is -0.510 e. The zero-order valence-electron chi connectivity index (χ0n) is 23.6. The van der Waals surface area contributed by atoms with Gasteiger partial charge in [0.2, 0.25) is 5.78 Å². The van der Waals surface area contributed by atoms with Gasteiger partial charge in [-0.15, -0.1) is 0 Å². The summed E-state index contributed by atoms with van der Waals surface area (Å²) < 4.78 is 0. The van der Waals surface area contributed by atoms with Crippen molar-refractivity contribution in [2.45, 2.75) is 56.0 Å². The Balaban J connectivity index is 1.60. The molecule has 41 heavy (non-hydrogen) atoms. The number of hydrogen-bond donors (Lipinski definition) is 7. The van der Waals surface area contributed by atoms with Gasteiger partial charge in [0.25, 0.3) is 5.91 Å². The molecule has 0 radical (unpaired) electrons. The number of likely N-dealkylation sites (tertiary alicyclic amines) is 1. The molecular weight excluding hydrogens is 532 g/mol. The summed E-state index contributed by atoms with van der Waals surface area (Å²) in [7, 11) is 5.07. The summed E-state index contributed by atoms with van der Waals surface area (Å²) in [5.41, 5.74) is 1.96. The molecule has 1 aromatic rings. The van der Waals surface area contributed by atoms with Gasteiger partial charge in [0.05, 0.1) is 23.6 Å². The van der Waals surface area contributed by atoms with Crippen LogP contribution in [-0.4, -0.2) is 111 Å². The Kier molecular flexibility index (Phi) is 7.27. The number of rotatable bonds is 5. The van der Waals surface area contributed by atoms with E-state index in [-0.39, 0.29) is 17.4 Å². The number of hydrogen-bond acceptors (Lipinski definition) is 11. The fraction of sp³-hybridized carbons (Fsp3) is 0.552. The van der Waals surface area contributed by atoms with Crippen molar-refractivity contribution in [3.63, 3.8) is 0 Å². The number of aliphatic hydroxyl groups excluding tert-OH is 3. The lowest BCUT2D eigenvalue weighted by Crippen LogP contribution is -2.68. The molecule has 1 heterocycles. The normalized spacial score (nSPS) is 32.7. The molecule has 5 rings (SSSR count). The third-order valence-electron chi connectivity index (χ3n) is 9.51. The monoisotopic (exact) mass is 570 g/mol. The van der Waals surface area contributed by atoms with Crippen molar-refractivity contribution in [1.29, 1.82) is 0 Å². The van der Waals surface area contributed by atoms with Crippen LogP contribution in [0, 0.1) is 11.8 Å². The number of primary amides is 1. The molecule has 1 saturated heterocycles. The molecule has 0 unspecified atom stereocenters. The van der Waals surface area contributed by atoms with E-state index < -0.39 is 75.6 Å². The average molecular weight is 571 g/mol. The second kappa shape index (κ2) is 10.2. The lowest BCUT2D eigenvalue weighted by molar-refractivity contribution is -0.162. The van der Waals surface area contributed by atoms with Crippen LogP contribution < -0.4 is 11.1 Å². The number of nitrogens with one attached hydrogen (secondary N) is 1. The average Bonchev–Trinajstić information content (AvgIpc) is 2.90. The van der Waals surface area contributed by atoms with Crippen LogP contribution in [0.5, 0.6) is 5.75 Å².